The predicted octanol–water partition coefficient (Wildman–Crippen LogP) is 4.18. The molecule has 208 valence electrons. The van der Waals surface area contributed by atoms with Crippen molar-refractivity contribution in [3.05, 3.63) is 90.0 Å². The summed E-state index contributed by atoms with van der Waals surface area (Å²) in [6.07, 6.45) is 0.905. The number of carbonyl (C=O) groups is 2. The number of aryl methyl sites for hydroxylation is 1. The standard InChI is InChI=1S/C30H37N3O5S/c1-5-28(30(35)31-4)32(21-20-24-10-8-7-9-11-24)29(34)22-33(25-14-16-26(17-15-25)38-6-2)39(36,37)27-18-12-23(3)13-19-27/h7-19,28H,5-6,20-22H2,1-4H3,(H,31,35)/t28-/m1/s1. The van der Waals surface area contributed by atoms with Gasteiger partial charge in [0, 0.05) is 13.6 Å². The first-order valence-electron chi connectivity index (χ1n) is 13.1. The summed E-state index contributed by atoms with van der Waals surface area (Å²) in [5.41, 5.74) is 2.25. The zero-order valence-electron chi connectivity index (χ0n) is 23.0. The van der Waals surface area contributed by atoms with Gasteiger partial charge in [0.25, 0.3) is 10.0 Å². The minimum Gasteiger partial charge on any atom is -0.494 e. The van der Waals surface area contributed by atoms with E-state index in [4.69, 9.17) is 4.74 Å². The number of hydrogen-bond acceptors (Lipinski definition) is 5. The van der Waals surface area contributed by atoms with Gasteiger partial charge in [0.15, 0.2) is 0 Å². The maximum Gasteiger partial charge on any atom is 0.264 e. The molecule has 0 aromatic heterocycles. The Kier molecular flexibility index (Phi) is 10.5. The van der Waals surface area contributed by atoms with Gasteiger partial charge >= 0.3 is 0 Å². The molecule has 3 aromatic rings. The van der Waals surface area contributed by atoms with Crippen molar-refractivity contribution in [3.8, 4) is 5.75 Å². The molecule has 0 heterocycles. The minimum absolute atomic E-state index is 0.0731. The van der Waals surface area contributed by atoms with Gasteiger partial charge in [-0.1, -0.05) is 55.0 Å². The number of likely N-dealkylation sites (N-methyl/N-ethyl adjacent to an activating group) is 1. The lowest BCUT2D eigenvalue weighted by Crippen LogP contribution is -2.52. The summed E-state index contributed by atoms with van der Waals surface area (Å²) in [6.45, 7) is 5.83. The molecule has 0 bridgehead atoms. The van der Waals surface area contributed by atoms with Crippen LogP contribution in [-0.2, 0) is 26.0 Å². The highest BCUT2D eigenvalue weighted by Gasteiger charge is 2.33. The second-order valence-electron chi connectivity index (χ2n) is 9.11. The van der Waals surface area contributed by atoms with E-state index in [2.05, 4.69) is 5.32 Å². The number of carbonyl (C=O) groups excluding carboxylic acids is 2. The molecule has 2 amide bonds. The van der Waals surface area contributed by atoms with Crippen LogP contribution in [0.5, 0.6) is 5.75 Å². The second-order valence-corrected chi connectivity index (χ2v) is 11.0. The Balaban J connectivity index is 2.00. The molecule has 8 nitrogen and oxygen atoms in total. The third-order valence-corrected chi connectivity index (χ3v) is 8.23. The Hall–Kier alpha value is -3.85. The van der Waals surface area contributed by atoms with Gasteiger partial charge in [-0.2, -0.15) is 0 Å². The fourth-order valence-corrected chi connectivity index (χ4v) is 5.72. The van der Waals surface area contributed by atoms with Gasteiger partial charge in [-0.05, 0) is 68.7 Å². The van der Waals surface area contributed by atoms with E-state index < -0.39 is 28.5 Å². The molecule has 1 atom stereocenters. The maximum atomic E-state index is 13.9. The Labute approximate surface area is 231 Å². The summed E-state index contributed by atoms with van der Waals surface area (Å²) in [6, 6.07) is 22.0. The van der Waals surface area contributed by atoms with Crippen LogP contribution in [0.1, 0.15) is 31.4 Å². The molecule has 3 rings (SSSR count). The lowest BCUT2D eigenvalue weighted by atomic mass is 10.1. The SMILES string of the molecule is CCOc1ccc(N(CC(=O)N(CCc2ccccc2)[C@H](CC)C(=O)NC)S(=O)(=O)c2ccc(C)cc2)cc1. The molecule has 0 saturated carbocycles. The molecule has 0 unspecified atom stereocenters. The van der Waals surface area contributed by atoms with Gasteiger partial charge < -0.3 is 15.0 Å². The quantitative estimate of drug-likeness (QED) is 0.344. The van der Waals surface area contributed by atoms with Crippen LogP contribution in [0.2, 0.25) is 0 Å². The topological polar surface area (TPSA) is 96.0 Å². The first-order chi connectivity index (χ1) is 18.7. The van der Waals surface area contributed by atoms with E-state index in [0.717, 1.165) is 15.4 Å². The molecular formula is C30H37N3O5S. The molecule has 9 heteroatoms. The largest absolute Gasteiger partial charge is 0.494 e. The van der Waals surface area contributed by atoms with E-state index in [9.17, 15) is 18.0 Å². The van der Waals surface area contributed by atoms with Gasteiger partial charge in [-0.15, -0.1) is 0 Å². The van der Waals surface area contributed by atoms with Crippen LogP contribution >= 0.6 is 0 Å². The van der Waals surface area contributed by atoms with Crippen LogP contribution in [-0.4, -0.2) is 57.9 Å². The molecule has 0 aliphatic heterocycles. The summed E-state index contributed by atoms with van der Waals surface area (Å²) in [4.78, 5) is 28.2. The Bertz CT molecular complexity index is 1330. The van der Waals surface area contributed by atoms with Crippen molar-refractivity contribution in [1.29, 1.82) is 0 Å². The average Bonchev–Trinajstić information content (AvgIpc) is 2.95. The van der Waals surface area contributed by atoms with Crippen LogP contribution in [0.3, 0.4) is 0 Å². The fourth-order valence-electron chi connectivity index (χ4n) is 4.30. The first kappa shape index (κ1) is 29.7. The lowest BCUT2D eigenvalue weighted by Gasteiger charge is -2.33. The van der Waals surface area contributed by atoms with E-state index in [1.54, 1.807) is 36.4 Å². The lowest BCUT2D eigenvalue weighted by molar-refractivity contribution is -0.139. The maximum absolute atomic E-state index is 13.9. The van der Waals surface area contributed by atoms with Crippen molar-refractivity contribution >= 4 is 27.5 Å². The molecule has 3 aromatic carbocycles. The third kappa shape index (κ3) is 7.60. The van der Waals surface area contributed by atoms with Crippen molar-refractivity contribution in [1.82, 2.24) is 10.2 Å². The third-order valence-electron chi connectivity index (χ3n) is 6.44. The summed E-state index contributed by atoms with van der Waals surface area (Å²) in [7, 11) is -2.58. The number of nitrogens with one attached hydrogen (secondary N) is 1. The Morgan fingerprint density at radius 1 is 0.923 bits per heavy atom. The molecule has 0 radical (unpaired) electrons. The summed E-state index contributed by atoms with van der Waals surface area (Å²) >= 11 is 0. The van der Waals surface area contributed by atoms with E-state index in [1.165, 1.54) is 24.1 Å². The van der Waals surface area contributed by atoms with Crippen molar-refractivity contribution in [2.45, 2.75) is 44.6 Å². The number of hydrogen-bond donors (Lipinski definition) is 1. The van der Waals surface area contributed by atoms with Crippen LogP contribution in [0.4, 0.5) is 5.69 Å². The number of sulfonamides is 1. The number of ether oxygens (including phenoxy) is 1. The average molecular weight is 552 g/mol. The van der Waals surface area contributed by atoms with Crippen molar-refractivity contribution in [2.24, 2.45) is 0 Å². The highest BCUT2D eigenvalue weighted by molar-refractivity contribution is 7.92. The van der Waals surface area contributed by atoms with E-state index >= 15 is 0 Å². The molecule has 0 aliphatic rings. The van der Waals surface area contributed by atoms with E-state index in [0.29, 0.717) is 30.9 Å². The van der Waals surface area contributed by atoms with Gasteiger partial charge in [0.2, 0.25) is 11.8 Å². The van der Waals surface area contributed by atoms with Crippen LogP contribution in [0.15, 0.2) is 83.8 Å². The van der Waals surface area contributed by atoms with Crippen molar-refractivity contribution < 1.29 is 22.7 Å². The number of anilines is 1. The number of benzene rings is 3. The van der Waals surface area contributed by atoms with Gasteiger partial charge in [0.05, 0.1) is 17.2 Å². The van der Waals surface area contributed by atoms with Gasteiger partial charge in [-0.3, -0.25) is 13.9 Å². The predicted molar refractivity (Wildman–Crippen MR) is 153 cm³/mol. The second kappa shape index (κ2) is 13.8. The summed E-state index contributed by atoms with van der Waals surface area (Å²) in [5, 5.41) is 2.64. The van der Waals surface area contributed by atoms with Gasteiger partial charge in [0.1, 0.15) is 18.3 Å². The normalized spacial score (nSPS) is 11.9. The summed E-state index contributed by atoms with van der Waals surface area (Å²) in [5.74, 6) is -0.172. The van der Waals surface area contributed by atoms with Crippen LogP contribution < -0.4 is 14.4 Å². The molecular weight excluding hydrogens is 514 g/mol. The molecule has 39 heavy (non-hydrogen) atoms. The Morgan fingerprint density at radius 3 is 2.13 bits per heavy atom. The minimum atomic E-state index is -4.11. The van der Waals surface area contributed by atoms with Crippen molar-refractivity contribution in [3.63, 3.8) is 0 Å². The number of nitrogens with zero attached hydrogens (tertiary/aromatic N) is 2. The number of amides is 2. The first-order valence-corrected chi connectivity index (χ1v) is 14.5. The molecule has 0 fully saturated rings. The monoisotopic (exact) mass is 551 g/mol. The molecule has 1 N–H and O–H groups in total. The van der Waals surface area contributed by atoms with E-state index in [-0.39, 0.29) is 17.3 Å². The molecule has 0 spiro atoms. The Morgan fingerprint density at radius 2 is 1.56 bits per heavy atom. The highest BCUT2D eigenvalue weighted by atomic mass is 32.2. The van der Waals surface area contributed by atoms with Gasteiger partial charge in [-0.25, -0.2) is 8.42 Å². The zero-order valence-corrected chi connectivity index (χ0v) is 23.8. The highest BCUT2D eigenvalue weighted by Crippen LogP contribution is 2.27. The van der Waals surface area contributed by atoms with E-state index in [1.807, 2.05) is 51.1 Å². The summed E-state index contributed by atoms with van der Waals surface area (Å²) < 4.78 is 34.3. The molecule has 0 aliphatic carbocycles. The van der Waals surface area contributed by atoms with Crippen LogP contribution in [0, 0.1) is 6.92 Å². The van der Waals surface area contributed by atoms with Crippen LogP contribution in [0.25, 0.3) is 0 Å². The number of rotatable bonds is 13. The smallest absolute Gasteiger partial charge is 0.264 e. The zero-order chi connectivity index (χ0) is 28.4. The fraction of sp³-hybridized carbons (Fsp3) is 0.333. The van der Waals surface area contributed by atoms with Crippen molar-refractivity contribution in [2.75, 3.05) is 31.0 Å². The molecule has 0 saturated heterocycles.